The third-order valence-corrected chi connectivity index (χ3v) is 5.01. The SMILES string of the molecule is N#Cc1c(F)cccc1Nc1cc(-c2cccnc2)nc(NC2CCCCC2)n1. The molecule has 0 aliphatic heterocycles. The molecular formula is C22H21FN6. The molecule has 3 aromatic rings. The Morgan fingerprint density at radius 1 is 1.07 bits per heavy atom. The van der Waals surface area contributed by atoms with E-state index in [0.29, 0.717) is 29.2 Å². The summed E-state index contributed by atoms with van der Waals surface area (Å²) in [5, 5.41) is 15.8. The van der Waals surface area contributed by atoms with Crippen LogP contribution in [0.2, 0.25) is 0 Å². The summed E-state index contributed by atoms with van der Waals surface area (Å²) in [6.45, 7) is 0. The number of nitrogens with one attached hydrogen (secondary N) is 2. The Kier molecular flexibility index (Phi) is 5.61. The number of rotatable bonds is 5. The van der Waals surface area contributed by atoms with Gasteiger partial charge < -0.3 is 10.6 Å². The number of nitrogens with zero attached hydrogens (tertiary/aromatic N) is 4. The molecule has 1 aliphatic rings. The minimum atomic E-state index is -0.570. The van der Waals surface area contributed by atoms with E-state index in [1.165, 1.54) is 25.3 Å². The van der Waals surface area contributed by atoms with Gasteiger partial charge in [-0.25, -0.2) is 9.37 Å². The molecule has 2 N–H and O–H groups in total. The van der Waals surface area contributed by atoms with Crippen LogP contribution < -0.4 is 10.6 Å². The first kappa shape index (κ1) is 18.8. The summed E-state index contributed by atoms with van der Waals surface area (Å²) in [7, 11) is 0. The quantitative estimate of drug-likeness (QED) is 0.637. The molecule has 0 amide bonds. The van der Waals surface area contributed by atoms with Crippen LogP contribution in [0, 0.1) is 17.1 Å². The highest BCUT2D eigenvalue weighted by atomic mass is 19.1. The number of hydrogen-bond donors (Lipinski definition) is 2. The van der Waals surface area contributed by atoms with Crippen molar-refractivity contribution < 1.29 is 4.39 Å². The fraction of sp³-hybridized carbons (Fsp3) is 0.273. The van der Waals surface area contributed by atoms with Crippen LogP contribution in [0.15, 0.2) is 48.8 Å². The molecule has 1 aromatic carbocycles. The van der Waals surface area contributed by atoms with Gasteiger partial charge in [-0.15, -0.1) is 0 Å². The highest BCUT2D eigenvalue weighted by Crippen LogP contribution is 2.27. The van der Waals surface area contributed by atoms with Crippen LogP contribution in [0.5, 0.6) is 0 Å². The zero-order valence-corrected chi connectivity index (χ0v) is 15.9. The fourth-order valence-corrected chi connectivity index (χ4v) is 3.55. The van der Waals surface area contributed by atoms with E-state index in [1.54, 1.807) is 30.6 Å². The first-order valence-corrected chi connectivity index (χ1v) is 9.74. The average Bonchev–Trinajstić information content (AvgIpc) is 2.75. The van der Waals surface area contributed by atoms with E-state index >= 15 is 0 Å². The van der Waals surface area contributed by atoms with Gasteiger partial charge in [0.15, 0.2) is 0 Å². The number of benzene rings is 1. The number of anilines is 3. The van der Waals surface area contributed by atoms with E-state index in [9.17, 15) is 9.65 Å². The van der Waals surface area contributed by atoms with Gasteiger partial charge in [-0.2, -0.15) is 10.2 Å². The smallest absolute Gasteiger partial charge is 0.225 e. The van der Waals surface area contributed by atoms with Crippen LogP contribution in [-0.4, -0.2) is 21.0 Å². The molecule has 0 atom stereocenters. The zero-order chi connectivity index (χ0) is 20.1. The van der Waals surface area contributed by atoms with Crippen molar-refractivity contribution in [2.45, 2.75) is 38.1 Å². The minimum absolute atomic E-state index is 0.0455. The number of aromatic nitrogens is 3. The molecule has 0 bridgehead atoms. The maximum atomic E-state index is 14.0. The summed E-state index contributed by atoms with van der Waals surface area (Å²) < 4.78 is 14.0. The molecule has 146 valence electrons. The van der Waals surface area contributed by atoms with Gasteiger partial charge in [-0.3, -0.25) is 4.98 Å². The van der Waals surface area contributed by atoms with Crippen molar-refractivity contribution in [1.82, 2.24) is 15.0 Å². The molecule has 1 fully saturated rings. The summed E-state index contributed by atoms with van der Waals surface area (Å²) in [5.41, 5.74) is 1.87. The molecule has 0 radical (unpaired) electrons. The number of hydrogen-bond acceptors (Lipinski definition) is 6. The molecular weight excluding hydrogens is 367 g/mol. The molecule has 4 rings (SSSR count). The van der Waals surface area contributed by atoms with Gasteiger partial charge in [0.25, 0.3) is 0 Å². The Labute approximate surface area is 168 Å². The maximum Gasteiger partial charge on any atom is 0.225 e. The topological polar surface area (TPSA) is 86.5 Å². The van der Waals surface area contributed by atoms with E-state index < -0.39 is 5.82 Å². The molecule has 29 heavy (non-hydrogen) atoms. The van der Waals surface area contributed by atoms with E-state index in [1.807, 2.05) is 18.2 Å². The predicted molar refractivity (Wildman–Crippen MR) is 110 cm³/mol. The van der Waals surface area contributed by atoms with Crippen molar-refractivity contribution in [3.05, 3.63) is 60.2 Å². The lowest BCUT2D eigenvalue weighted by molar-refractivity contribution is 0.461. The molecule has 0 unspecified atom stereocenters. The average molecular weight is 388 g/mol. The summed E-state index contributed by atoms with van der Waals surface area (Å²) in [6.07, 6.45) is 9.27. The van der Waals surface area contributed by atoms with Crippen molar-refractivity contribution in [2.24, 2.45) is 0 Å². The minimum Gasteiger partial charge on any atom is -0.351 e. The van der Waals surface area contributed by atoms with Crippen molar-refractivity contribution in [1.29, 1.82) is 5.26 Å². The Balaban J connectivity index is 1.70. The second-order valence-corrected chi connectivity index (χ2v) is 7.08. The predicted octanol–water partition coefficient (Wildman–Crippen LogP) is 5.04. The first-order valence-electron chi connectivity index (χ1n) is 9.74. The molecule has 7 heteroatoms. The highest BCUT2D eigenvalue weighted by molar-refractivity contribution is 5.69. The summed E-state index contributed by atoms with van der Waals surface area (Å²) in [5.74, 6) is 0.425. The third kappa shape index (κ3) is 4.49. The largest absolute Gasteiger partial charge is 0.351 e. The summed E-state index contributed by atoms with van der Waals surface area (Å²) in [4.78, 5) is 13.4. The fourth-order valence-electron chi connectivity index (χ4n) is 3.55. The third-order valence-electron chi connectivity index (χ3n) is 5.01. The lowest BCUT2D eigenvalue weighted by Gasteiger charge is -2.23. The van der Waals surface area contributed by atoms with Crippen molar-refractivity contribution >= 4 is 17.5 Å². The second-order valence-electron chi connectivity index (χ2n) is 7.08. The van der Waals surface area contributed by atoms with Crippen molar-refractivity contribution in [3.8, 4) is 17.3 Å². The van der Waals surface area contributed by atoms with Crippen molar-refractivity contribution in [3.63, 3.8) is 0 Å². The number of pyridine rings is 1. The van der Waals surface area contributed by atoms with Crippen LogP contribution in [0.25, 0.3) is 11.3 Å². The van der Waals surface area contributed by atoms with E-state index in [4.69, 9.17) is 0 Å². The molecule has 2 aromatic heterocycles. The van der Waals surface area contributed by atoms with E-state index in [-0.39, 0.29) is 5.56 Å². The Hall–Kier alpha value is -3.53. The lowest BCUT2D eigenvalue weighted by Crippen LogP contribution is -2.23. The van der Waals surface area contributed by atoms with Gasteiger partial charge in [0, 0.05) is 30.1 Å². The Morgan fingerprint density at radius 3 is 2.69 bits per heavy atom. The summed E-state index contributed by atoms with van der Waals surface area (Å²) >= 11 is 0. The van der Waals surface area contributed by atoms with Gasteiger partial charge >= 0.3 is 0 Å². The molecule has 0 spiro atoms. The lowest BCUT2D eigenvalue weighted by atomic mass is 9.96. The van der Waals surface area contributed by atoms with Crippen molar-refractivity contribution in [2.75, 3.05) is 10.6 Å². The second kappa shape index (κ2) is 8.65. The summed E-state index contributed by atoms with van der Waals surface area (Å²) in [6, 6.07) is 12.3. The van der Waals surface area contributed by atoms with Gasteiger partial charge in [-0.05, 0) is 37.1 Å². The van der Waals surface area contributed by atoms with Crippen LogP contribution in [0.3, 0.4) is 0 Å². The van der Waals surface area contributed by atoms with Crippen LogP contribution in [0.1, 0.15) is 37.7 Å². The monoisotopic (exact) mass is 388 g/mol. The molecule has 6 nitrogen and oxygen atoms in total. The molecule has 1 saturated carbocycles. The van der Waals surface area contributed by atoms with Crippen LogP contribution in [0.4, 0.5) is 21.8 Å². The molecule has 1 aliphatic carbocycles. The highest BCUT2D eigenvalue weighted by Gasteiger charge is 2.16. The molecule has 2 heterocycles. The van der Waals surface area contributed by atoms with E-state index in [2.05, 4.69) is 25.6 Å². The van der Waals surface area contributed by atoms with Crippen LogP contribution in [-0.2, 0) is 0 Å². The zero-order valence-electron chi connectivity index (χ0n) is 15.9. The van der Waals surface area contributed by atoms with Gasteiger partial charge in [0.05, 0.1) is 11.4 Å². The number of nitriles is 1. The van der Waals surface area contributed by atoms with Gasteiger partial charge in [-0.1, -0.05) is 25.3 Å². The van der Waals surface area contributed by atoms with Crippen LogP contribution >= 0.6 is 0 Å². The maximum absolute atomic E-state index is 14.0. The normalized spacial score (nSPS) is 14.2. The standard InChI is InChI=1S/C22H21FN6/c23-18-9-4-10-19(17(18)13-24)27-21-12-20(15-6-5-11-25-14-15)28-22(29-21)26-16-7-2-1-3-8-16/h4-6,9-12,14,16H,1-3,7-8H2,(H2,26,27,28,29). The molecule has 0 saturated heterocycles. The Morgan fingerprint density at radius 2 is 1.93 bits per heavy atom. The van der Waals surface area contributed by atoms with Gasteiger partial charge in [0.2, 0.25) is 5.95 Å². The van der Waals surface area contributed by atoms with Gasteiger partial charge in [0.1, 0.15) is 23.3 Å². The number of halogens is 1. The first-order chi connectivity index (χ1) is 14.2. The Bertz CT molecular complexity index is 1030. The van der Waals surface area contributed by atoms with E-state index in [0.717, 1.165) is 18.4 Å².